The van der Waals surface area contributed by atoms with Gasteiger partial charge in [-0.2, -0.15) is 0 Å². The highest BCUT2D eigenvalue weighted by atomic mass is 16.3. The number of aliphatic hydroxyl groups is 1. The minimum absolute atomic E-state index is 0.157. The Morgan fingerprint density at radius 3 is 2.24 bits per heavy atom. The van der Waals surface area contributed by atoms with E-state index in [-0.39, 0.29) is 12.5 Å². The van der Waals surface area contributed by atoms with E-state index in [9.17, 15) is 14.7 Å². The summed E-state index contributed by atoms with van der Waals surface area (Å²) in [5.74, 6) is -0.157. The number of rotatable bonds is 6. The number of hydrogen-bond acceptors (Lipinski definition) is 3. The van der Waals surface area contributed by atoms with Crippen LogP contribution in [0.1, 0.15) is 29.8 Å². The highest BCUT2D eigenvalue weighted by molar-refractivity contribution is 5.95. The summed E-state index contributed by atoms with van der Waals surface area (Å²) in [5, 5.41) is 17.9. The van der Waals surface area contributed by atoms with Crippen LogP contribution in [0.5, 0.6) is 0 Å². The molecule has 0 bridgehead atoms. The SMILES string of the molecule is CCNC(=O)c1ccc(NC(=O)NC(C)(CO)c2ccccc2)cc1. The second-order valence-electron chi connectivity index (χ2n) is 5.87. The van der Waals surface area contributed by atoms with Crippen LogP contribution in [0.3, 0.4) is 0 Å². The molecule has 0 aliphatic heterocycles. The summed E-state index contributed by atoms with van der Waals surface area (Å²) in [5.41, 5.74) is 0.988. The van der Waals surface area contributed by atoms with Crippen molar-refractivity contribution in [3.8, 4) is 0 Å². The van der Waals surface area contributed by atoms with Gasteiger partial charge in [-0.15, -0.1) is 0 Å². The minimum Gasteiger partial charge on any atom is -0.394 e. The number of anilines is 1. The van der Waals surface area contributed by atoms with Crippen molar-refractivity contribution in [2.75, 3.05) is 18.5 Å². The topological polar surface area (TPSA) is 90.5 Å². The third kappa shape index (κ3) is 4.81. The van der Waals surface area contributed by atoms with Crippen molar-refractivity contribution in [3.63, 3.8) is 0 Å². The van der Waals surface area contributed by atoms with Crippen LogP contribution >= 0.6 is 0 Å². The monoisotopic (exact) mass is 341 g/mol. The smallest absolute Gasteiger partial charge is 0.320 e. The molecule has 0 aliphatic carbocycles. The summed E-state index contributed by atoms with van der Waals surface area (Å²) in [6, 6.07) is 15.4. The Kier molecular flexibility index (Phi) is 6.14. The number of aliphatic hydroxyl groups excluding tert-OH is 1. The highest BCUT2D eigenvalue weighted by Crippen LogP contribution is 2.20. The first-order valence-electron chi connectivity index (χ1n) is 8.12. The normalized spacial score (nSPS) is 12.8. The molecule has 2 rings (SSSR count). The van der Waals surface area contributed by atoms with Crippen molar-refractivity contribution >= 4 is 17.6 Å². The van der Waals surface area contributed by atoms with Crippen LogP contribution in [0.15, 0.2) is 54.6 Å². The Bertz CT molecular complexity index is 716. The first-order chi connectivity index (χ1) is 12.0. The summed E-state index contributed by atoms with van der Waals surface area (Å²) in [6.45, 7) is 3.92. The molecule has 132 valence electrons. The van der Waals surface area contributed by atoms with Gasteiger partial charge in [-0.3, -0.25) is 4.79 Å². The lowest BCUT2D eigenvalue weighted by molar-refractivity contribution is 0.0956. The van der Waals surface area contributed by atoms with Crippen molar-refractivity contribution in [1.82, 2.24) is 10.6 Å². The lowest BCUT2D eigenvalue weighted by Gasteiger charge is -2.29. The molecule has 0 aliphatic rings. The average molecular weight is 341 g/mol. The van der Waals surface area contributed by atoms with Gasteiger partial charge in [0.2, 0.25) is 0 Å². The number of hydrogen-bond donors (Lipinski definition) is 4. The predicted molar refractivity (Wildman–Crippen MR) is 97.5 cm³/mol. The maximum absolute atomic E-state index is 12.3. The summed E-state index contributed by atoms with van der Waals surface area (Å²) >= 11 is 0. The lowest BCUT2D eigenvalue weighted by Crippen LogP contribution is -2.48. The highest BCUT2D eigenvalue weighted by Gasteiger charge is 2.27. The number of benzene rings is 2. The molecular formula is C19H23N3O3. The van der Waals surface area contributed by atoms with Crippen LogP contribution in [-0.2, 0) is 5.54 Å². The molecule has 6 nitrogen and oxygen atoms in total. The number of carbonyl (C=O) groups is 2. The molecule has 0 saturated carbocycles. The van der Waals surface area contributed by atoms with E-state index in [1.807, 2.05) is 37.3 Å². The van der Waals surface area contributed by atoms with Crippen LogP contribution in [-0.4, -0.2) is 30.2 Å². The molecule has 0 fully saturated rings. The van der Waals surface area contributed by atoms with Gasteiger partial charge in [0, 0.05) is 17.8 Å². The Morgan fingerprint density at radius 1 is 1.04 bits per heavy atom. The van der Waals surface area contributed by atoms with Crippen LogP contribution in [0.4, 0.5) is 10.5 Å². The molecule has 3 amide bonds. The zero-order valence-corrected chi connectivity index (χ0v) is 14.4. The van der Waals surface area contributed by atoms with Crippen LogP contribution in [0.2, 0.25) is 0 Å². The summed E-state index contributed by atoms with van der Waals surface area (Å²) in [4.78, 5) is 24.0. The molecule has 0 spiro atoms. The van der Waals surface area contributed by atoms with Gasteiger partial charge < -0.3 is 21.1 Å². The Morgan fingerprint density at radius 2 is 1.68 bits per heavy atom. The van der Waals surface area contributed by atoms with E-state index in [2.05, 4.69) is 16.0 Å². The number of carbonyl (C=O) groups excluding carboxylic acids is 2. The van der Waals surface area contributed by atoms with Crippen molar-refractivity contribution < 1.29 is 14.7 Å². The van der Waals surface area contributed by atoms with Gasteiger partial charge in [-0.25, -0.2) is 4.79 Å². The standard InChI is InChI=1S/C19H23N3O3/c1-3-20-17(24)14-9-11-16(12-10-14)21-18(25)22-19(2,13-23)15-7-5-4-6-8-15/h4-12,23H,3,13H2,1-2H3,(H,20,24)(H2,21,22,25). The van der Waals surface area contributed by atoms with Gasteiger partial charge >= 0.3 is 6.03 Å². The van der Waals surface area contributed by atoms with E-state index < -0.39 is 11.6 Å². The molecule has 0 saturated heterocycles. The molecule has 1 atom stereocenters. The molecule has 0 heterocycles. The Hall–Kier alpha value is -2.86. The Balaban J connectivity index is 2.03. The number of amides is 3. The van der Waals surface area contributed by atoms with Crippen LogP contribution in [0.25, 0.3) is 0 Å². The summed E-state index contributed by atoms with van der Waals surface area (Å²) in [7, 11) is 0. The summed E-state index contributed by atoms with van der Waals surface area (Å²) < 4.78 is 0. The van der Waals surface area contributed by atoms with Gasteiger partial charge in [0.15, 0.2) is 0 Å². The fourth-order valence-corrected chi connectivity index (χ4v) is 2.39. The van der Waals surface area contributed by atoms with Gasteiger partial charge in [0.25, 0.3) is 5.91 Å². The quantitative estimate of drug-likeness (QED) is 0.650. The van der Waals surface area contributed by atoms with E-state index >= 15 is 0 Å². The zero-order valence-electron chi connectivity index (χ0n) is 14.4. The van der Waals surface area contributed by atoms with Crippen molar-refractivity contribution in [1.29, 1.82) is 0 Å². The molecular weight excluding hydrogens is 318 g/mol. The van der Waals surface area contributed by atoms with Crippen LogP contribution < -0.4 is 16.0 Å². The van der Waals surface area contributed by atoms with E-state index in [0.717, 1.165) is 5.56 Å². The molecule has 6 heteroatoms. The van der Waals surface area contributed by atoms with Crippen molar-refractivity contribution in [3.05, 3.63) is 65.7 Å². The second-order valence-corrected chi connectivity index (χ2v) is 5.87. The van der Waals surface area contributed by atoms with Gasteiger partial charge in [-0.1, -0.05) is 30.3 Å². The van der Waals surface area contributed by atoms with E-state index in [1.165, 1.54) is 0 Å². The lowest BCUT2D eigenvalue weighted by atomic mass is 9.93. The van der Waals surface area contributed by atoms with Crippen LogP contribution in [0, 0.1) is 0 Å². The fraction of sp³-hybridized carbons (Fsp3) is 0.263. The minimum atomic E-state index is -0.897. The van der Waals surface area contributed by atoms with E-state index in [1.54, 1.807) is 31.2 Å². The van der Waals surface area contributed by atoms with Crippen molar-refractivity contribution in [2.24, 2.45) is 0 Å². The number of urea groups is 1. The third-order valence-electron chi connectivity index (χ3n) is 3.86. The maximum Gasteiger partial charge on any atom is 0.320 e. The third-order valence-corrected chi connectivity index (χ3v) is 3.86. The fourth-order valence-electron chi connectivity index (χ4n) is 2.39. The second kappa shape index (κ2) is 8.30. The molecule has 0 radical (unpaired) electrons. The molecule has 2 aromatic rings. The molecule has 4 N–H and O–H groups in total. The van der Waals surface area contributed by atoms with E-state index in [0.29, 0.717) is 17.8 Å². The first kappa shape index (κ1) is 18.5. The average Bonchev–Trinajstić information content (AvgIpc) is 2.63. The van der Waals surface area contributed by atoms with Crippen molar-refractivity contribution in [2.45, 2.75) is 19.4 Å². The largest absolute Gasteiger partial charge is 0.394 e. The Labute approximate surface area is 147 Å². The molecule has 0 aromatic heterocycles. The predicted octanol–water partition coefficient (Wildman–Crippen LogP) is 2.47. The van der Waals surface area contributed by atoms with E-state index in [4.69, 9.17) is 0 Å². The van der Waals surface area contributed by atoms with Gasteiger partial charge in [0.1, 0.15) is 0 Å². The number of nitrogens with one attached hydrogen (secondary N) is 3. The summed E-state index contributed by atoms with van der Waals surface area (Å²) in [6.07, 6.45) is 0. The molecule has 1 unspecified atom stereocenters. The zero-order chi connectivity index (χ0) is 18.3. The molecule has 2 aromatic carbocycles. The maximum atomic E-state index is 12.3. The van der Waals surface area contributed by atoms with Gasteiger partial charge in [-0.05, 0) is 43.7 Å². The van der Waals surface area contributed by atoms with Gasteiger partial charge in [0.05, 0.1) is 12.1 Å². The first-order valence-corrected chi connectivity index (χ1v) is 8.12. The molecule has 25 heavy (non-hydrogen) atoms.